The average Bonchev–Trinajstić information content (AvgIpc) is 2.26. The molecule has 0 aliphatic rings. The van der Waals surface area contributed by atoms with Crippen molar-refractivity contribution in [3.63, 3.8) is 0 Å². The van der Waals surface area contributed by atoms with Gasteiger partial charge < -0.3 is 5.32 Å². The van der Waals surface area contributed by atoms with Gasteiger partial charge in [-0.15, -0.1) is 0 Å². The molecule has 1 aromatic heterocycles. The molecular weight excluding hydrogens is 286 g/mol. The van der Waals surface area contributed by atoms with E-state index in [0.29, 0.717) is 16.7 Å². The van der Waals surface area contributed by atoms with E-state index in [1.807, 2.05) is 13.8 Å². The van der Waals surface area contributed by atoms with Crippen molar-refractivity contribution in [2.24, 2.45) is 0 Å². The van der Waals surface area contributed by atoms with Crippen molar-refractivity contribution in [3.05, 3.63) is 23.5 Å². The van der Waals surface area contributed by atoms with Gasteiger partial charge in [0.25, 0.3) is 0 Å². The SMILES string of the molecule is CC(C)Nc1nc(Cl)nc2ccc(S(C)(=O)=O)cc12. The first-order chi connectivity index (χ1) is 8.77. The molecule has 0 saturated carbocycles. The summed E-state index contributed by atoms with van der Waals surface area (Å²) in [6.07, 6.45) is 1.17. The van der Waals surface area contributed by atoms with E-state index in [0.717, 1.165) is 0 Å². The Morgan fingerprint density at radius 1 is 1.26 bits per heavy atom. The van der Waals surface area contributed by atoms with Crippen molar-refractivity contribution < 1.29 is 8.42 Å². The predicted molar refractivity (Wildman–Crippen MR) is 76.4 cm³/mol. The third kappa shape index (κ3) is 3.13. The van der Waals surface area contributed by atoms with Gasteiger partial charge in [-0.3, -0.25) is 0 Å². The Kier molecular flexibility index (Phi) is 3.64. The zero-order valence-electron chi connectivity index (χ0n) is 10.8. The second kappa shape index (κ2) is 4.94. The van der Waals surface area contributed by atoms with Crippen LogP contribution in [0.5, 0.6) is 0 Å². The molecule has 0 fully saturated rings. The lowest BCUT2D eigenvalue weighted by molar-refractivity contribution is 0.602. The number of sulfone groups is 1. The van der Waals surface area contributed by atoms with E-state index in [1.54, 1.807) is 12.1 Å². The summed E-state index contributed by atoms with van der Waals surface area (Å²) < 4.78 is 23.2. The monoisotopic (exact) mass is 299 g/mol. The fourth-order valence-corrected chi connectivity index (χ4v) is 2.52. The maximum absolute atomic E-state index is 11.6. The molecular formula is C12H14ClN3O2S. The highest BCUT2D eigenvalue weighted by molar-refractivity contribution is 7.90. The van der Waals surface area contributed by atoms with Gasteiger partial charge in [0.15, 0.2) is 9.84 Å². The smallest absolute Gasteiger partial charge is 0.224 e. The van der Waals surface area contributed by atoms with Crippen molar-refractivity contribution in [3.8, 4) is 0 Å². The Balaban J connectivity index is 2.72. The number of benzene rings is 1. The first-order valence-corrected chi connectivity index (χ1v) is 7.98. The van der Waals surface area contributed by atoms with Crippen LogP contribution in [0.25, 0.3) is 10.9 Å². The Morgan fingerprint density at radius 2 is 1.95 bits per heavy atom. The summed E-state index contributed by atoms with van der Waals surface area (Å²) in [5, 5.41) is 3.90. The van der Waals surface area contributed by atoms with Crippen LogP contribution in [0, 0.1) is 0 Å². The molecule has 5 nitrogen and oxygen atoms in total. The van der Waals surface area contributed by atoms with Gasteiger partial charge >= 0.3 is 0 Å². The van der Waals surface area contributed by atoms with Crippen molar-refractivity contribution in [1.29, 1.82) is 0 Å². The van der Waals surface area contributed by atoms with Crippen LogP contribution in [0.2, 0.25) is 5.28 Å². The molecule has 0 radical (unpaired) electrons. The lowest BCUT2D eigenvalue weighted by Crippen LogP contribution is -2.12. The second-order valence-corrected chi connectivity index (χ2v) is 6.95. The molecule has 1 N–H and O–H groups in total. The molecule has 1 heterocycles. The van der Waals surface area contributed by atoms with E-state index in [-0.39, 0.29) is 16.2 Å². The molecule has 0 atom stereocenters. The number of anilines is 1. The van der Waals surface area contributed by atoms with Crippen LogP contribution in [0.1, 0.15) is 13.8 Å². The third-order valence-corrected chi connectivity index (χ3v) is 3.77. The molecule has 2 aromatic rings. The fourth-order valence-electron chi connectivity index (χ4n) is 1.69. The molecule has 0 unspecified atom stereocenters. The molecule has 0 aliphatic heterocycles. The molecule has 0 spiro atoms. The van der Waals surface area contributed by atoms with Gasteiger partial charge in [0.1, 0.15) is 5.82 Å². The van der Waals surface area contributed by atoms with Gasteiger partial charge in [0.05, 0.1) is 10.4 Å². The van der Waals surface area contributed by atoms with Gasteiger partial charge in [-0.1, -0.05) is 0 Å². The minimum absolute atomic E-state index is 0.128. The minimum atomic E-state index is -3.27. The van der Waals surface area contributed by atoms with Crippen LogP contribution in [0.3, 0.4) is 0 Å². The summed E-state index contributed by atoms with van der Waals surface area (Å²) in [6, 6.07) is 4.85. The zero-order chi connectivity index (χ0) is 14.2. The maximum atomic E-state index is 11.6. The molecule has 2 rings (SSSR count). The van der Waals surface area contributed by atoms with Crippen LogP contribution >= 0.6 is 11.6 Å². The molecule has 0 bridgehead atoms. The van der Waals surface area contributed by atoms with E-state index < -0.39 is 9.84 Å². The Labute approximate surface area is 116 Å². The van der Waals surface area contributed by atoms with Crippen LogP contribution < -0.4 is 5.32 Å². The number of rotatable bonds is 3. The lowest BCUT2D eigenvalue weighted by Gasteiger charge is -2.12. The number of nitrogens with zero attached hydrogens (tertiary/aromatic N) is 2. The molecule has 0 amide bonds. The Hall–Kier alpha value is -1.40. The number of aromatic nitrogens is 2. The average molecular weight is 300 g/mol. The summed E-state index contributed by atoms with van der Waals surface area (Å²) in [7, 11) is -3.27. The Morgan fingerprint density at radius 3 is 2.53 bits per heavy atom. The number of nitrogens with one attached hydrogen (secondary N) is 1. The lowest BCUT2D eigenvalue weighted by atomic mass is 10.2. The highest BCUT2D eigenvalue weighted by Gasteiger charge is 2.12. The van der Waals surface area contributed by atoms with Crippen molar-refractivity contribution >= 4 is 38.2 Å². The number of fused-ring (bicyclic) bond motifs is 1. The van der Waals surface area contributed by atoms with E-state index in [1.165, 1.54) is 12.3 Å². The minimum Gasteiger partial charge on any atom is -0.367 e. The number of hydrogen-bond donors (Lipinski definition) is 1. The summed E-state index contributed by atoms with van der Waals surface area (Å²) in [5.41, 5.74) is 0.607. The highest BCUT2D eigenvalue weighted by atomic mass is 35.5. The standard InChI is InChI=1S/C12H14ClN3O2S/c1-7(2)14-11-9-6-8(19(3,17)18)4-5-10(9)15-12(13)16-11/h4-7H,1-3H3,(H,14,15,16). The topological polar surface area (TPSA) is 72.0 Å². The normalized spacial score (nSPS) is 12.1. The molecule has 102 valence electrons. The fraction of sp³-hybridized carbons (Fsp3) is 0.333. The van der Waals surface area contributed by atoms with E-state index in [4.69, 9.17) is 11.6 Å². The largest absolute Gasteiger partial charge is 0.367 e. The zero-order valence-corrected chi connectivity index (χ0v) is 12.4. The van der Waals surface area contributed by atoms with Crippen LogP contribution in [-0.4, -0.2) is 30.7 Å². The highest BCUT2D eigenvalue weighted by Crippen LogP contribution is 2.25. The first kappa shape index (κ1) is 14.0. The van der Waals surface area contributed by atoms with E-state index in [2.05, 4.69) is 15.3 Å². The summed E-state index contributed by atoms with van der Waals surface area (Å²) >= 11 is 5.86. The van der Waals surface area contributed by atoms with Gasteiger partial charge in [-0.05, 0) is 43.6 Å². The summed E-state index contributed by atoms with van der Waals surface area (Å²) in [5.74, 6) is 0.538. The quantitative estimate of drug-likeness (QED) is 0.882. The van der Waals surface area contributed by atoms with Crippen LogP contribution in [-0.2, 0) is 9.84 Å². The summed E-state index contributed by atoms with van der Waals surface area (Å²) in [4.78, 5) is 8.43. The molecule has 1 aromatic carbocycles. The molecule has 0 aliphatic carbocycles. The van der Waals surface area contributed by atoms with Crippen LogP contribution in [0.15, 0.2) is 23.1 Å². The maximum Gasteiger partial charge on any atom is 0.224 e. The van der Waals surface area contributed by atoms with Crippen molar-refractivity contribution in [1.82, 2.24) is 9.97 Å². The molecule has 19 heavy (non-hydrogen) atoms. The van der Waals surface area contributed by atoms with Crippen LogP contribution in [0.4, 0.5) is 5.82 Å². The van der Waals surface area contributed by atoms with Gasteiger partial charge in [0, 0.05) is 17.7 Å². The van der Waals surface area contributed by atoms with Crippen molar-refractivity contribution in [2.45, 2.75) is 24.8 Å². The van der Waals surface area contributed by atoms with E-state index in [9.17, 15) is 8.42 Å². The molecule has 7 heteroatoms. The predicted octanol–water partition coefficient (Wildman–Crippen LogP) is 2.51. The number of halogens is 1. The number of hydrogen-bond acceptors (Lipinski definition) is 5. The van der Waals surface area contributed by atoms with Gasteiger partial charge in [-0.2, -0.15) is 0 Å². The van der Waals surface area contributed by atoms with Crippen molar-refractivity contribution in [2.75, 3.05) is 11.6 Å². The van der Waals surface area contributed by atoms with Gasteiger partial charge in [-0.25, -0.2) is 18.4 Å². The first-order valence-electron chi connectivity index (χ1n) is 5.71. The summed E-state index contributed by atoms with van der Waals surface area (Å²) in [6.45, 7) is 3.92. The van der Waals surface area contributed by atoms with Gasteiger partial charge in [0.2, 0.25) is 5.28 Å². The van der Waals surface area contributed by atoms with E-state index >= 15 is 0 Å². The molecule has 0 saturated heterocycles. The third-order valence-electron chi connectivity index (χ3n) is 2.49. The Bertz CT molecular complexity index is 729. The second-order valence-electron chi connectivity index (χ2n) is 4.59.